The molecule has 0 saturated carbocycles. The standard InChI is InChI=1S/C18H27N3O4/c1-18(2,3)25-17(23)20-14-8-6-10-21(12-14)11-13-7-5-9-19-15(13)16(22)24-4/h5,7,9,14H,6,8,10-12H2,1-4H3,(H,20,23)/t14-/m1/s1. The van der Waals surface area contributed by atoms with Crippen molar-refractivity contribution in [2.24, 2.45) is 0 Å². The molecule has 0 radical (unpaired) electrons. The average Bonchev–Trinajstić information content (AvgIpc) is 2.53. The molecule has 0 spiro atoms. The predicted octanol–water partition coefficient (Wildman–Crippen LogP) is 2.36. The fourth-order valence-electron chi connectivity index (χ4n) is 2.88. The van der Waals surface area contributed by atoms with Gasteiger partial charge in [-0.25, -0.2) is 14.6 Å². The molecular formula is C18H27N3O4. The third-order valence-electron chi connectivity index (χ3n) is 3.89. The number of carbonyl (C=O) groups is 2. The molecule has 1 amide bonds. The van der Waals surface area contributed by atoms with Gasteiger partial charge in [0.25, 0.3) is 0 Å². The average molecular weight is 349 g/mol. The number of methoxy groups -OCH3 is 1. The summed E-state index contributed by atoms with van der Waals surface area (Å²) in [6.07, 6.45) is 3.07. The number of nitrogens with one attached hydrogen (secondary N) is 1. The fraction of sp³-hybridized carbons (Fsp3) is 0.611. The highest BCUT2D eigenvalue weighted by molar-refractivity contribution is 5.88. The fourth-order valence-corrected chi connectivity index (χ4v) is 2.88. The van der Waals surface area contributed by atoms with Crippen LogP contribution >= 0.6 is 0 Å². The number of hydrogen-bond donors (Lipinski definition) is 1. The Morgan fingerprint density at radius 1 is 1.40 bits per heavy atom. The molecule has 1 aromatic heterocycles. The van der Waals surface area contributed by atoms with Crippen molar-refractivity contribution in [3.05, 3.63) is 29.6 Å². The van der Waals surface area contributed by atoms with Gasteiger partial charge in [-0.3, -0.25) is 4.90 Å². The molecular weight excluding hydrogens is 322 g/mol. The van der Waals surface area contributed by atoms with Crippen molar-refractivity contribution in [1.82, 2.24) is 15.2 Å². The maximum absolute atomic E-state index is 12.0. The lowest BCUT2D eigenvalue weighted by molar-refractivity contribution is 0.0470. The van der Waals surface area contributed by atoms with Crippen LogP contribution in [-0.2, 0) is 16.0 Å². The Balaban J connectivity index is 1.96. The quantitative estimate of drug-likeness (QED) is 0.841. The van der Waals surface area contributed by atoms with E-state index < -0.39 is 17.7 Å². The number of nitrogens with zero attached hydrogens (tertiary/aromatic N) is 2. The van der Waals surface area contributed by atoms with Crippen LogP contribution in [0.5, 0.6) is 0 Å². The SMILES string of the molecule is COC(=O)c1ncccc1CN1CCC[C@@H](NC(=O)OC(C)(C)C)C1. The maximum Gasteiger partial charge on any atom is 0.407 e. The van der Waals surface area contributed by atoms with Crippen LogP contribution in [-0.4, -0.2) is 53.8 Å². The Bertz CT molecular complexity index is 613. The van der Waals surface area contributed by atoms with Crippen molar-refractivity contribution < 1.29 is 19.1 Å². The molecule has 1 fully saturated rings. The van der Waals surface area contributed by atoms with Gasteiger partial charge in [-0.15, -0.1) is 0 Å². The topological polar surface area (TPSA) is 80.8 Å². The number of aromatic nitrogens is 1. The van der Waals surface area contributed by atoms with Crippen molar-refractivity contribution in [2.45, 2.75) is 51.8 Å². The highest BCUT2D eigenvalue weighted by Crippen LogP contribution is 2.17. The number of alkyl carbamates (subject to hydrolysis) is 1. The highest BCUT2D eigenvalue weighted by Gasteiger charge is 2.25. The van der Waals surface area contributed by atoms with Gasteiger partial charge in [0.2, 0.25) is 0 Å². The van der Waals surface area contributed by atoms with Crippen molar-refractivity contribution in [3.63, 3.8) is 0 Å². The van der Waals surface area contributed by atoms with E-state index in [2.05, 4.69) is 15.2 Å². The number of rotatable bonds is 4. The maximum atomic E-state index is 12.0. The molecule has 138 valence electrons. The van der Waals surface area contributed by atoms with Crippen molar-refractivity contribution in [2.75, 3.05) is 20.2 Å². The third kappa shape index (κ3) is 6.01. The van der Waals surface area contributed by atoms with E-state index in [1.54, 1.807) is 6.20 Å². The lowest BCUT2D eigenvalue weighted by Crippen LogP contribution is -2.48. The number of pyridine rings is 1. The number of piperidine rings is 1. The summed E-state index contributed by atoms with van der Waals surface area (Å²) in [6.45, 7) is 7.73. The molecule has 7 nitrogen and oxygen atoms in total. The molecule has 1 aliphatic heterocycles. The zero-order chi connectivity index (χ0) is 18.4. The monoisotopic (exact) mass is 349 g/mol. The summed E-state index contributed by atoms with van der Waals surface area (Å²) in [4.78, 5) is 30.1. The first-order valence-electron chi connectivity index (χ1n) is 8.52. The van der Waals surface area contributed by atoms with Crippen LogP contribution in [0.2, 0.25) is 0 Å². The Hall–Kier alpha value is -2.15. The Kier molecular flexibility index (Phi) is 6.36. The predicted molar refractivity (Wildman–Crippen MR) is 93.2 cm³/mol. The molecule has 1 aliphatic rings. The minimum Gasteiger partial charge on any atom is -0.464 e. The summed E-state index contributed by atoms with van der Waals surface area (Å²) in [6, 6.07) is 3.72. The van der Waals surface area contributed by atoms with Gasteiger partial charge in [-0.05, 0) is 51.8 Å². The lowest BCUT2D eigenvalue weighted by Gasteiger charge is -2.33. The Labute approximate surface area is 148 Å². The third-order valence-corrected chi connectivity index (χ3v) is 3.89. The molecule has 7 heteroatoms. The van der Waals surface area contributed by atoms with E-state index >= 15 is 0 Å². The van der Waals surface area contributed by atoms with Gasteiger partial charge >= 0.3 is 12.1 Å². The highest BCUT2D eigenvalue weighted by atomic mass is 16.6. The van der Waals surface area contributed by atoms with Crippen LogP contribution in [0.4, 0.5) is 4.79 Å². The van der Waals surface area contributed by atoms with Gasteiger partial charge in [-0.2, -0.15) is 0 Å². The molecule has 0 aliphatic carbocycles. The van der Waals surface area contributed by atoms with Crippen LogP contribution in [0, 0.1) is 0 Å². The molecule has 2 heterocycles. The van der Waals surface area contributed by atoms with Crippen LogP contribution < -0.4 is 5.32 Å². The van der Waals surface area contributed by atoms with E-state index in [-0.39, 0.29) is 6.04 Å². The number of likely N-dealkylation sites (tertiary alicyclic amines) is 1. The van der Waals surface area contributed by atoms with Gasteiger partial charge in [0, 0.05) is 25.3 Å². The molecule has 1 atom stereocenters. The molecule has 0 aromatic carbocycles. The summed E-state index contributed by atoms with van der Waals surface area (Å²) in [7, 11) is 1.35. The molecule has 0 unspecified atom stereocenters. The molecule has 25 heavy (non-hydrogen) atoms. The van der Waals surface area contributed by atoms with E-state index in [0.29, 0.717) is 18.8 Å². The first-order chi connectivity index (χ1) is 11.8. The van der Waals surface area contributed by atoms with Gasteiger partial charge in [-0.1, -0.05) is 6.07 Å². The van der Waals surface area contributed by atoms with Gasteiger partial charge in [0.05, 0.1) is 7.11 Å². The molecule has 1 saturated heterocycles. The second-order valence-electron chi connectivity index (χ2n) is 7.22. The zero-order valence-corrected chi connectivity index (χ0v) is 15.4. The molecule has 0 bridgehead atoms. The van der Waals surface area contributed by atoms with Crippen LogP contribution in [0.15, 0.2) is 18.3 Å². The summed E-state index contributed by atoms with van der Waals surface area (Å²) >= 11 is 0. The number of ether oxygens (including phenoxy) is 2. The van der Waals surface area contributed by atoms with Crippen molar-refractivity contribution in [1.29, 1.82) is 0 Å². The second kappa shape index (κ2) is 8.29. The largest absolute Gasteiger partial charge is 0.464 e. The lowest BCUT2D eigenvalue weighted by atomic mass is 10.0. The van der Waals surface area contributed by atoms with Crippen LogP contribution in [0.25, 0.3) is 0 Å². The van der Waals surface area contributed by atoms with E-state index in [1.807, 2.05) is 32.9 Å². The number of amides is 1. The summed E-state index contributed by atoms with van der Waals surface area (Å²) in [5.41, 5.74) is 0.656. The number of esters is 1. The van der Waals surface area contributed by atoms with Gasteiger partial charge in [0.1, 0.15) is 5.60 Å². The number of carbonyl (C=O) groups excluding carboxylic acids is 2. The summed E-state index contributed by atoms with van der Waals surface area (Å²) in [5, 5.41) is 2.93. The van der Waals surface area contributed by atoms with Crippen LogP contribution in [0.3, 0.4) is 0 Å². The van der Waals surface area contributed by atoms with E-state index in [4.69, 9.17) is 9.47 Å². The normalized spacial score (nSPS) is 18.5. The smallest absolute Gasteiger partial charge is 0.407 e. The summed E-state index contributed by atoms with van der Waals surface area (Å²) < 4.78 is 10.1. The van der Waals surface area contributed by atoms with Crippen LogP contribution in [0.1, 0.15) is 49.7 Å². The van der Waals surface area contributed by atoms with E-state index in [9.17, 15) is 9.59 Å². The first-order valence-corrected chi connectivity index (χ1v) is 8.52. The zero-order valence-electron chi connectivity index (χ0n) is 15.4. The van der Waals surface area contributed by atoms with Crippen molar-refractivity contribution in [3.8, 4) is 0 Å². The molecule has 1 N–H and O–H groups in total. The minimum atomic E-state index is -0.510. The minimum absolute atomic E-state index is 0.0295. The van der Waals surface area contributed by atoms with Crippen molar-refractivity contribution >= 4 is 12.1 Å². The molecule has 1 aromatic rings. The van der Waals surface area contributed by atoms with Gasteiger partial charge < -0.3 is 14.8 Å². The van der Waals surface area contributed by atoms with E-state index in [0.717, 1.165) is 24.9 Å². The second-order valence-corrected chi connectivity index (χ2v) is 7.22. The first kappa shape index (κ1) is 19.2. The Morgan fingerprint density at radius 3 is 2.84 bits per heavy atom. The molecule has 2 rings (SSSR count). The Morgan fingerprint density at radius 2 is 2.16 bits per heavy atom. The summed E-state index contributed by atoms with van der Waals surface area (Å²) in [5.74, 6) is -0.434. The van der Waals surface area contributed by atoms with E-state index in [1.165, 1.54) is 7.11 Å². The van der Waals surface area contributed by atoms with Gasteiger partial charge in [0.15, 0.2) is 5.69 Å². The number of hydrogen-bond acceptors (Lipinski definition) is 6.